The number of carbonyl (C=O) groups is 3. The van der Waals surface area contributed by atoms with Crippen molar-refractivity contribution in [1.82, 2.24) is 5.32 Å². The molecule has 0 fully saturated rings. The zero-order valence-corrected chi connectivity index (χ0v) is 16.3. The van der Waals surface area contributed by atoms with Crippen LogP contribution in [0.5, 0.6) is 0 Å². The first kappa shape index (κ1) is 21.3. The Labute approximate surface area is 164 Å². The fraction of sp³-hybridized carbons (Fsp3) is 0.318. The Kier molecular flexibility index (Phi) is 7.06. The number of Topliss-reactive ketones (excluding diaryl/α,β-unsaturated/α-hetero) is 1. The van der Waals surface area contributed by atoms with E-state index < -0.39 is 35.9 Å². The fourth-order valence-electron chi connectivity index (χ4n) is 2.57. The van der Waals surface area contributed by atoms with E-state index in [1.165, 1.54) is 0 Å². The van der Waals surface area contributed by atoms with Gasteiger partial charge in [0, 0.05) is 0 Å². The molecule has 0 amide bonds. The van der Waals surface area contributed by atoms with E-state index in [1.807, 2.05) is 54.6 Å². The summed E-state index contributed by atoms with van der Waals surface area (Å²) in [6.07, 6.45) is 0.187. The molecule has 0 aliphatic heterocycles. The van der Waals surface area contributed by atoms with Crippen LogP contribution in [0.2, 0.25) is 0 Å². The summed E-state index contributed by atoms with van der Waals surface area (Å²) in [6.45, 7) is 4.58. The Morgan fingerprint density at radius 1 is 0.964 bits per heavy atom. The number of hydrogen-bond donors (Lipinski definition) is 2. The molecule has 0 bridgehead atoms. The van der Waals surface area contributed by atoms with Crippen molar-refractivity contribution in [3.8, 4) is 11.1 Å². The predicted octanol–water partition coefficient (Wildman–Crippen LogP) is 2.85. The van der Waals surface area contributed by atoms with Gasteiger partial charge < -0.3 is 9.84 Å². The van der Waals surface area contributed by atoms with Crippen LogP contribution < -0.4 is 5.32 Å². The molecule has 0 aromatic heterocycles. The van der Waals surface area contributed by atoms with Gasteiger partial charge in [-0.05, 0) is 43.9 Å². The zero-order chi connectivity index (χ0) is 20.7. The second-order valence-corrected chi connectivity index (χ2v) is 7.46. The Morgan fingerprint density at radius 3 is 2.07 bits per heavy atom. The lowest BCUT2D eigenvalue weighted by Crippen LogP contribution is -2.43. The maximum Gasteiger partial charge on any atom is 0.376 e. The molecular formula is C22H25NO5. The molecule has 0 saturated heterocycles. The van der Waals surface area contributed by atoms with E-state index in [-0.39, 0.29) is 6.42 Å². The summed E-state index contributed by atoms with van der Waals surface area (Å²) in [6, 6.07) is 16.4. The van der Waals surface area contributed by atoms with Gasteiger partial charge in [0.25, 0.3) is 5.78 Å². The van der Waals surface area contributed by atoms with Gasteiger partial charge in [0.1, 0.15) is 11.6 Å². The summed E-state index contributed by atoms with van der Waals surface area (Å²) in [5.74, 6) is -2.87. The van der Waals surface area contributed by atoms with E-state index >= 15 is 0 Å². The van der Waals surface area contributed by atoms with Crippen molar-refractivity contribution in [2.75, 3.05) is 6.54 Å². The van der Waals surface area contributed by atoms with Crippen LogP contribution in [0.4, 0.5) is 0 Å². The minimum absolute atomic E-state index is 0.187. The Hall–Kier alpha value is -2.99. The van der Waals surface area contributed by atoms with Crippen LogP contribution in [0.25, 0.3) is 11.1 Å². The summed E-state index contributed by atoms with van der Waals surface area (Å²) < 4.78 is 4.99. The number of benzene rings is 2. The van der Waals surface area contributed by atoms with Crippen molar-refractivity contribution >= 4 is 17.7 Å². The highest BCUT2D eigenvalue weighted by Crippen LogP contribution is 2.19. The molecule has 6 heteroatoms. The van der Waals surface area contributed by atoms with Gasteiger partial charge in [-0.25, -0.2) is 4.79 Å². The highest BCUT2D eigenvalue weighted by atomic mass is 16.6. The highest BCUT2D eigenvalue weighted by molar-refractivity contribution is 6.34. The molecule has 0 saturated carbocycles. The van der Waals surface area contributed by atoms with Crippen LogP contribution in [0.15, 0.2) is 54.6 Å². The lowest BCUT2D eigenvalue weighted by atomic mass is 10.0. The van der Waals surface area contributed by atoms with Gasteiger partial charge in [0.15, 0.2) is 0 Å². The van der Waals surface area contributed by atoms with Crippen LogP contribution >= 0.6 is 0 Å². The second kappa shape index (κ2) is 9.28. The molecule has 0 unspecified atom stereocenters. The molecule has 2 aromatic rings. The number of carbonyl (C=O) groups excluding carboxylic acids is 2. The van der Waals surface area contributed by atoms with Crippen molar-refractivity contribution in [1.29, 1.82) is 0 Å². The van der Waals surface area contributed by atoms with E-state index in [0.29, 0.717) is 0 Å². The van der Waals surface area contributed by atoms with Crippen molar-refractivity contribution in [3.05, 3.63) is 60.2 Å². The molecule has 2 N–H and O–H groups in total. The highest BCUT2D eigenvalue weighted by Gasteiger charge is 2.25. The quantitative estimate of drug-likeness (QED) is 0.538. The third kappa shape index (κ3) is 6.63. The minimum Gasteiger partial charge on any atom is -0.480 e. The molecule has 1 atom stereocenters. The van der Waals surface area contributed by atoms with Crippen molar-refractivity contribution in [2.45, 2.75) is 38.8 Å². The summed E-state index contributed by atoms with van der Waals surface area (Å²) in [7, 11) is 0. The lowest BCUT2D eigenvalue weighted by molar-refractivity contribution is -0.162. The number of aliphatic carboxylic acids is 1. The van der Waals surface area contributed by atoms with Gasteiger partial charge in [-0.3, -0.25) is 14.9 Å². The SMILES string of the molecule is CC(C)(C)OC(=O)C(=O)CN[C@H](Cc1ccc(-c2ccccc2)cc1)C(=O)O. The molecule has 148 valence electrons. The van der Waals surface area contributed by atoms with E-state index in [9.17, 15) is 19.5 Å². The van der Waals surface area contributed by atoms with Gasteiger partial charge in [-0.1, -0.05) is 54.6 Å². The number of hydrogen-bond acceptors (Lipinski definition) is 5. The number of carboxylic acids is 1. The first-order valence-electron chi connectivity index (χ1n) is 9.02. The van der Waals surface area contributed by atoms with Gasteiger partial charge >= 0.3 is 11.9 Å². The van der Waals surface area contributed by atoms with E-state index in [2.05, 4.69) is 5.32 Å². The smallest absolute Gasteiger partial charge is 0.376 e. The van der Waals surface area contributed by atoms with Crippen LogP contribution in [0, 0.1) is 0 Å². The van der Waals surface area contributed by atoms with Crippen molar-refractivity contribution in [2.24, 2.45) is 0 Å². The molecule has 0 radical (unpaired) electrons. The topological polar surface area (TPSA) is 92.7 Å². The first-order chi connectivity index (χ1) is 13.2. The number of esters is 1. The van der Waals surface area contributed by atoms with Gasteiger partial charge in [0.05, 0.1) is 6.54 Å². The lowest BCUT2D eigenvalue weighted by Gasteiger charge is -2.19. The van der Waals surface area contributed by atoms with E-state index in [0.717, 1.165) is 16.7 Å². The molecule has 2 rings (SSSR count). The Morgan fingerprint density at radius 2 is 1.54 bits per heavy atom. The molecule has 0 aliphatic carbocycles. The maximum atomic E-state index is 11.9. The van der Waals surface area contributed by atoms with Gasteiger partial charge in [-0.2, -0.15) is 0 Å². The molecule has 2 aromatic carbocycles. The Balaban J connectivity index is 1.96. The summed E-state index contributed by atoms with van der Waals surface area (Å²) in [4.78, 5) is 35.1. The standard InChI is InChI=1S/C22H25NO5/c1-22(2,3)28-21(27)19(24)14-23-18(20(25)26)13-15-9-11-17(12-10-15)16-7-5-4-6-8-16/h4-12,18,23H,13-14H2,1-3H3,(H,25,26)/t18-/m1/s1. The number of carboxylic acid groups (broad SMARTS) is 1. The van der Waals surface area contributed by atoms with Crippen LogP contribution in [0.1, 0.15) is 26.3 Å². The molecule has 6 nitrogen and oxygen atoms in total. The van der Waals surface area contributed by atoms with Crippen molar-refractivity contribution < 1.29 is 24.2 Å². The summed E-state index contributed by atoms with van der Waals surface area (Å²) in [5, 5.41) is 12.0. The number of ether oxygens (including phenoxy) is 1. The normalized spacial score (nSPS) is 12.2. The maximum absolute atomic E-state index is 11.9. The number of rotatable bonds is 8. The molecule has 0 heterocycles. The van der Waals surface area contributed by atoms with Gasteiger partial charge in [0.2, 0.25) is 0 Å². The van der Waals surface area contributed by atoms with Crippen molar-refractivity contribution in [3.63, 3.8) is 0 Å². The zero-order valence-electron chi connectivity index (χ0n) is 16.3. The van der Waals surface area contributed by atoms with Crippen LogP contribution in [0.3, 0.4) is 0 Å². The molecule has 0 aliphatic rings. The Bertz CT molecular complexity index is 822. The molecular weight excluding hydrogens is 358 g/mol. The second-order valence-electron chi connectivity index (χ2n) is 7.46. The third-order valence-electron chi connectivity index (χ3n) is 3.93. The summed E-state index contributed by atoms with van der Waals surface area (Å²) in [5.41, 5.74) is 2.14. The number of nitrogens with one attached hydrogen (secondary N) is 1. The average Bonchev–Trinajstić information content (AvgIpc) is 2.64. The van der Waals surface area contributed by atoms with Gasteiger partial charge in [-0.15, -0.1) is 0 Å². The number of ketones is 1. The molecule has 0 spiro atoms. The largest absolute Gasteiger partial charge is 0.480 e. The summed E-state index contributed by atoms with van der Waals surface area (Å²) >= 11 is 0. The average molecular weight is 383 g/mol. The predicted molar refractivity (Wildman–Crippen MR) is 106 cm³/mol. The van der Waals surface area contributed by atoms with E-state index in [4.69, 9.17) is 4.74 Å². The minimum atomic E-state index is -1.09. The molecule has 28 heavy (non-hydrogen) atoms. The third-order valence-corrected chi connectivity index (χ3v) is 3.93. The fourth-order valence-corrected chi connectivity index (χ4v) is 2.57. The first-order valence-corrected chi connectivity index (χ1v) is 9.02. The van der Waals surface area contributed by atoms with Crippen LogP contribution in [-0.4, -0.2) is 41.0 Å². The monoisotopic (exact) mass is 383 g/mol. The van der Waals surface area contributed by atoms with E-state index in [1.54, 1.807) is 20.8 Å². The van der Waals surface area contributed by atoms with Crippen LogP contribution in [-0.2, 0) is 25.5 Å².